The van der Waals surface area contributed by atoms with Crippen LogP contribution in [0.2, 0.25) is 0 Å². The standard InChI is InChI=1S/C30H23BrSi/c31-30-22-11-10-21-29(30)24-13-12-20-28(23-24)32(25-14-4-1-5-15-25,26-16-6-2-7-17-26)27-18-8-3-9-19-27/h1-23H. The van der Waals surface area contributed by atoms with Gasteiger partial charge in [-0.1, -0.05) is 149 Å². The van der Waals surface area contributed by atoms with Crippen molar-refractivity contribution in [3.05, 3.63) is 144 Å². The van der Waals surface area contributed by atoms with E-state index in [0.717, 1.165) is 4.47 Å². The molecule has 0 nitrogen and oxygen atoms in total. The van der Waals surface area contributed by atoms with Crippen LogP contribution in [-0.4, -0.2) is 8.07 Å². The lowest BCUT2D eigenvalue weighted by Crippen LogP contribution is -2.74. The lowest BCUT2D eigenvalue weighted by molar-refractivity contribution is 1.59. The zero-order valence-corrected chi connectivity index (χ0v) is 20.2. The number of hydrogen-bond donors (Lipinski definition) is 0. The Morgan fingerprint density at radius 3 is 1.34 bits per heavy atom. The first-order valence-corrected chi connectivity index (χ1v) is 13.6. The van der Waals surface area contributed by atoms with Gasteiger partial charge in [0.2, 0.25) is 0 Å². The first-order valence-electron chi connectivity index (χ1n) is 10.8. The Balaban J connectivity index is 1.86. The van der Waals surface area contributed by atoms with Crippen molar-refractivity contribution < 1.29 is 0 Å². The molecule has 0 atom stereocenters. The van der Waals surface area contributed by atoms with Gasteiger partial charge in [0.25, 0.3) is 0 Å². The number of rotatable bonds is 5. The Morgan fingerprint density at radius 2 is 0.844 bits per heavy atom. The van der Waals surface area contributed by atoms with E-state index in [1.807, 2.05) is 0 Å². The van der Waals surface area contributed by atoms with E-state index in [4.69, 9.17) is 0 Å². The first-order chi connectivity index (χ1) is 15.8. The van der Waals surface area contributed by atoms with Gasteiger partial charge in [-0.15, -0.1) is 0 Å². The predicted molar refractivity (Wildman–Crippen MR) is 143 cm³/mol. The highest BCUT2D eigenvalue weighted by Crippen LogP contribution is 2.27. The maximum Gasteiger partial charge on any atom is 0.179 e. The third-order valence-electron chi connectivity index (χ3n) is 6.10. The van der Waals surface area contributed by atoms with Gasteiger partial charge in [0, 0.05) is 4.47 Å². The molecule has 0 aliphatic rings. The van der Waals surface area contributed by atoms with Gasteiger partial charge in [-0.2, -0.15) is 0 Å². The second kappa shape index (κ2) is 9.11. The molecule has 0 N–H and O–H groups in total. The van der Waals surface area contributed by atoms with Gasteiger partial charge < -0.3 is 0 Å². The summed E-state index contributed by atoms with van der Waals surface area (Å²) in [5.41, 5.74) is 2.45. The average Bonchev–Trinajstić information content (AvgIpc) is 2.87. The fraction of sp³-hybridized carbons (Fsp3) is 0. The molecular weight excluding hydrogens is 468 g/mol. The molecule has 32 heavy (non-hydrogen) atoms. The maximum atomic E-state index is 3.75. The smallest absolute Gasteiger partial charge is 0.0623 e. The van der Waals surface area contributed by atoms with Crippen LogP contribution in [0.25, 0.3) is 11.1 Å². The molecule has 0 spiro atoms. The minimum Gasteiger partial charge on any atom is -0.0623 e. The van der Waals surface area contributed by atoms with E-state index in [9.17, 15) is 0 Å². The summed E-state index contributed by atoms with van der Waals surface area (Å²) in [6.45, 7) is 0. The quantitative estimate of drug-likeness (QED) is 0.225. The van der Waals surface area contributed by atoms with Crippen molar-refractivity contribution in [1.82, 2.24) is 0 Å². The van der Waals surface area contributed by atoms with E-state index in [2.05, 4.69) is 155 Å². The van der Waals surface area contributed by atoms with E-state index in [1.54, 1.807) is 0 Å². The molecule has 0 fully saturated rings. The number of hydrogen-bond acceptors (Lipinski definition) is 0. The second-order valence-corrected chi connectivity index (χ2v) is 12.6. The molecule has 2 heteroatoms. The summed E-state index contributed by atoms with van der Waals surface area (Å²) in [6, 6.07) is 50.7. The summed E-state index contributed by atoms with van der Waals surface area (Å²) >= 11 is 3.75. The summed E-state index contributed by atoms with van der Waals surface area (Å²) in [7, 11) is -2.50. The Morgan fingerprint density at radius 1 is 0.406 bits per heavy atom. The molecule has 0 bridgehead atoms. The molecule has 5 rings (SSSR count). The fourth-order valence-corrected chi connectivity index (χ4v) is 9.99. The van der Waals surface area contributed by atoms with Crippen molar-refractivity contribution >= 4 is 44.8 Å². The van der Waals surface area contributed by atoms with Crippen LogP contribution in [-0.2, 0) is 0 Å². The minimum atomic E-state index is -2.50. The Labute approximate surface area is 199 Å². The highest BCUT2D eigenvalue weighted by molar-refractivity contribution is 9.10. The zero-order valence-electron chi connectivity index (χ0n) is 17.7. The third kappa shape index (κ3) is 3.66. The molecule has 5 aromatic rings. The third-order valence-corrected chi connectivity index (χ3v) is 11.6. The second-order valence-electron chi connectivity index (χ2n) is 7.91. The largest absolute Gasteiger partial charge is 0.179 e. The van der Waals surface area contributed by atoms with Crippen molar-refractivity contribution in [2.24, 2.45) is 0 Å². The van der Waals surface area contributed by atoms with Crippen LogP contribution in [0.1, 0.15) is 0 Å². The Bertz CT molecular complexity index is 1220. The fourth-order valence-electron chi connectivity index (χ4n) is 4.68. The van der Waals surface area contributed by atoms with Crippen molar-refractivity contribution in [2.45, 2.75) is 0 Å². The summed E-state index contributed by atoms with van der Waals surface area (Å²) < 4.78 is 1.11. The lowest BCUT2D eigenvalue weighted by Gasteiger charge is -2.34. The minimum absolute atomic E-state index is 1.11. The van der Waals surface area contributed by atoms with Crippen molar-refractivity contribution in [3.63, 3.8) is 0 Å². The molecular formula is C30H23BrSi. The zero-order chi connectivity index (χ0) is 21.8. The van der Waals surface area contributed by atoms with E-state index < -0.39 is 8.07 Å². The molecule has 0 amide bonds. The first kappa shape index (κ1) is 20.7. The van der Waals surface area contributed by atoms with Gasteiger partial charge >= 0.3 is 0 Å². The van der Waals surface area contributed by atoms with Gasteiger partial charge in [0.15, 0.2) is 8.07 Å². The monoisotopic (exact) mass is 490 g/mol. The van der Waals surface area contributed by atoms with Gasteiger partial charge in [-0.25, -0.2) is 0 Å². The summed E-state index contributed by atoms with van der Waals surface area (Å²) in [4.78, 5) is 0. The van der Waals surface area contributed by atoms with Gasteiger partial charge in [-0.05, 0) is 37.9 Å². The highest BCUT2D eigenvalue weighted by atomic mass is 79.9. The van der Waals surface area contributed by atoms with E-state index in [1.165, 1.54) is 31.9 Å². The Hall–Kier alpha value is -3.20. The molecule has 0 unspecified atom stereocenters. The van der Waals surface area contributed by atoms with Crippen LogP contribution in [0.3, 0.4) is 0 Å². The molecule has 0 aliphatic carbocycles. The lowest BCUT2D eigenvalue weighted by atomic mass is 10.1. The van der Waals surface area contributed by atoms with Crippen LogP contribution in [0.15, 0.2) is 144 Å². The van der Waals surface area contributed by atoms with Gasteiger partial charge in [0.1, 0.15) is 0 Å². The molecule has 5 aromatic carbocycles. The van der Waals surface area contributed by atoms with Crippen LogP contribution in [0.5, 0.6) is 0 Å². The Kier molecular flexibility index (Phi) is 5.89. The van der Waals surface area contributed by atoms with Crippen molar-refractivity contribution in [3.8, 4) is 11.1 Å². The average molecular weight is 492 g/mol. The van der Waals surface area contributed by atoms with Gasteiger partial charge in [0.05, 0.1) is 0 Å². The summed E-state index contributed by atoms with van der Waals surface area (Å²) in [6.07, 6.45) is 0. The molecule has 0 aromatic heterocycles. The van der Waals surface area contributed by atoms with E-state index in [0.29, 0.717) is 0 Å². The molecule has 0 saturated carbocycles. The maximum absolute atomic E-state index is 3.75. The van der Waals surface area contributed by atoms with Crippen molar-refractivity contribution in [1.29, 1.82) is 0 Å². The summed E-state index contributed by atoms with van der Waals surface area (Å²) in [5.74, 6) is 0. The number of halogens is 1. The predicted octanol–water partition coefficient (Wildman–Crippen LogP) is 5.49. The topological polar surface area (TPSA) is 0 Å². The van der Waals surface area contributed by atoms with Crippen molar-refractivity contribution in [2.75, 3.05) is 0 Å². The van der Waals surface area contributed by atoms with Gasteiger partial charge in [-0.3, -0.25) is 0 Å². The highest BCUT2D eigenvalue weighted by Gasteiger charge is 2.41. The normalized spacial score (nSPS) is 11.3. The molecule has 0 heterocycles. The SMILES string of the molecule is Brc1ccccc1-c1cccc([Si](c2ccccc2)(c2ccccc2)c2ccccc2)c1. The molecule has 0 radical (unpaired) electrons. The molecule has 0 aliphatic heterocycles. The molecule has 154 valence electrons. The van der Waals surface area contributed by atoms with Crippen LogP contribution in [0, 0.1) is 0 Å². The van der Waals surface area contributed by atoms with E-state index >= 15 is 0 Å². The van der Waals surface area contributed by atoms with E-state index in [-0.39, 0.29) is 0 Å². The van der Waals surface area contributed by atoms with Crippen LogP contribution >= 0.6 is 15.9 Å². The molecule has 0 saturated heterocycles. The summed E-state index contributed by atoms with van der Waals surface area (Å²) in [5, 5.41) is 5.55. The number of benzene rings is 5. The van der Waals surface area contributed by atoms with Crippen LogP contribution in [0.4, 0.5) is 0 Å². The van der Waals surface area contributed by atoms with Crippen LogP contribution < -0.4 is 20.7 Å².